The van der Waals surface area contributed by atoms with Gasteiger partial charge in [0.1, 0.15) is 5.82 Å². The average molecular weight is 258 g/mol. The molecule has 0 spiro atoms. The molecule has 3 nitrogen and oxygen atoms in total. The van der Waals surface area contributed by atoms with Crippen molar-refractivity contribution in [2.45, 2.75) is 25.9 Å². The van der Waals surface area contributed by atoms with Crippen molar-refractivity contribution in [3.05, 3.63) is 41.8 Å². The number of H-pyrrole nitrogens is 1. The molecule has 0 radical (unpaired) electrons. The lowest BCUT2D eigenvalue weighted by Gasteiger charge is -2.09. The van der Waals surface area contributed by atoms with Crippen LogP contribution in [0.5, 0.6) is 0 Å². The minimum atomic E-state index is -0.625. The van der Waals surface area contributed by atoms with Gasteiger partial charge in [-0.2, -0.15) is 5.10 Å². The second kappa shape index (κ2) is 6.17. The number of aliphatic hydroxyl groups is 1. The topological polar surface area (TPSA) is 48.9 Å². The fourth-order valence-corrected chi connectivity index (χ4v) is 1.89. The summed E-state index contributed by atoms with van der Waals surface area (Å²) in [7, 11) is 0. The van der Waals surface area contributed by atoms with E-state index in [1.165, 1.54) is 12.1 Å². The van der Waals surface area contributed by atoms with E-state index in [1.807, 2.05) is 0 Å². The van der Waals surface area contributed by atoms with Crippen LogP contribution in [0.2, 0.25) is 0 Å². The van der Waals surface area contributed by atoms with Crippen LogP contribution < -0.4 is 0 Å². The number of rotatable bonds is 4. The van der Waals surface area contributed by atoms with Crippen LogP contribution in [0.1, 0.15) is 31.4 Å². The van der Waals surface area contributed by atoms with Gasteiger partial charge in [-0.25, -0.2) is 4.39 Å². The van der Waals surface area contributed by atoms with Crippen LogP contribution in [-0.4, -0.2) is 15.3 Å². The van der Waals surface area contributed by atoms with Crippen LogP contribution in [0.15, 0.2) is 30.5 Å². The molecule has 4 heteroatoms. The fraction of sp³-hybridized carbons (Fsp3) is 0.267. The second-order valence-electron chi connectivity index (χ2n) is 4.19. The molecule has 1 aromatic heterocycles. The summed E-state index contributed by atoms with van der Waals surface area (Å²) < 4.78 is 12.9. The Bertz CT molecular complexity index is 593. The van der Waals surface area contributed by atoms with Crippen LogP contribution in [0.3, 0.4) is 0 Å². The average Bonchev–Trinajstić information content (AvgIpc) is 2.89. The summed E-state index contributed by atoms with van der Waals surface area (Å²) in [5.74, 6) is 5.42. The molecule has 0 saturated heterocycles. The largest absolute Gasteiger partial charge is 0.388 e. The van der Waals surface area contributed by atoms with E-state index in [4.69, 9.17) is 0 Å². The van der Waals surface area contributed by atoms with E-state index >= 15 is 0 Å². The first kappa shape index (κ1) is 13.3. The van der Waals surface area contributed by atoms with Gasteiger partial charge in [-0.1, -0.05) is 0 Å². The van der Waals surface area contributed by atoms with Crippen molar-refractivity contribution < 1.29 is 9.50 Å². The number of aliphatic hydroxyl groups excluding tert-OH is 1. The number of aromatic amines is 1. The molecule has 0 aliphatic carbocycles. The second-order valence-corrected chi connectivity index (χ2v) is 4.19. The monoisotopic (exact) mass is 258 g/mol. The summed E-state index contributed by atoms with van der Waals surface area (Å²) in [6.07, 6.45) is 2.16. The first-order chi connectivity index (χ1) is 9.22. The SMILES string of the molecule is CC#CCCC(O)c1cn[nH]c1-c1ccc(F)cc1. The van der Waals surface area contributed by atoms with Crippen molar-refractivity contribution in [3.8, 4) is 23.1 Å². The highest BCUT2D eigenvalue weighted by Crippen LogP contribution is 2.28. The van der Waals surface area contributed by atoms with Gasteiger partial charge in [-0.05, 0) is 37.6 Å². The molecule has 98 valence electrons. The van der Waals surface area contributed by atoms with Crippen LogP contribution in [0.4, 0.5) is 4.39 Å². The molecule has 1 unspecified atom stereocenters. The molecule has 19 heavy (non-hydrogen) atoms. The van der Waals surface area contributed by atoms with E-state index < -0.39 is 6.10 Å². The Morgan fingerprint density at radius 2 is 2.11 bits per heavy atom. The zero-order valence-electron chi connectivity index (χ0n) is 10.7. The highest BCUT2D eigenvalue weighted by Gasteiger charge is 2.15. The maximum atomic E-state index is 12.9. The summed E-state index contributed by atoms with van der Waals surface area (Å²) >= 11 is 0. The molecule has 0 bridgehead atoms. The smallest absolute Gasteiger partial charge is 0.123 e. The Morgan fingerprint density at radius 3 is 2.79 bits per heavy atom. The van der Waals surface area contributed by atoms with E-state index in [1.54, 1.807) is 25.3 Å². The third kappa shape index (κ3) is 3.21. The van der Waals surface area contributed by atoms with Crippen molar-refractivity contribution in [2.75, 3.05) is 0 Å². The highest BCUT2D eigenvalue weighted by molar-refractivity contribution is 5.62. The summed E-state index contributed by atoms with van der Waals surface area (Å²) in [6.45, 7) is 1.77. The van der Waals surface area contributed by atoms with Crippen LogP contribution >= 0.6 is 0 Å². The van der Waals surface area contributed by atoms with Gasteiger partial charge in [0, 0.05) is 17.5 Å². The van der Waals surface area contributed by atoms with Gasteiger partial charge in [0.15, 0.2) is 0 Å². The molecule has 0 amide bonds. The van der Waals surface area contributed by atoms with Crippen molar-refractivity contribution in [3.63, 3.8) is 0 Å². The number of halogens is 1. The zero-order chi connectivity index (χ0) is 13.7. The third-order valence-corrected chi connectivity index (χ3v) is 2.88. The molecule has 2 rings (SSSR count). The van der Waals surface area contributed by atoms with Gasteiger partial charge in [-0.15, -0.1) is 11.8 Å². The number of hydrogen-bond acceptors (Lipinski definition) is 2. The first-order valence-corrected chi connectivity index (χ1v) is 6.09. The minimum absolute atomic E-state index is 0.288. The number of benzene rings is 1. The van der Waals surface area contributed by atoms with Gasteiger partial charge < -0.3 is 5.11 Å². The first-order valence-electron chi connectivity index (χ1n) is 6.09. The van der Waals surface area contributed by atoms with E-state index in [0.29, 0.717) is 18.4 Å². The predicted octanol–water partition coefficient (Wildman–Crippen LogP) is 3.05. The number of aromatic nitrogens is 2. The lowest BCUT2D eigenvalue weighted by Crippen LogP contribution is -1.97. The van der Waals surface area contributed by atoms with Crippen molar-refractivity contribution in [1.29, 1.82) is 0 Å². The Kier molecular flexibility index (Phi) is 4.32. The molecule has 2 aromatic rings. The molecule has 1 heterocycles. The normalized spacial score (nSPS) is 11.7. The number of nitrogens with one attached hydrogen (secondary N) is 1. The Labute approximate surface area is 111 Å². The Morgan fingerprint density at radius 1 is 1.37 bits per heavy atom. The van der Waals surface area contributed by atoms with Gasteiger partial charge in [0.05, 0.1) is 18.0 Å². The van der Waals surface area contributed by atoms with Gasteiger partial charge in [-0.3, -0.25) is 5.10 Å². The molecule has 0 saturated carbocycles. The van der Waals surface area contributed by atoms with Crippen LogP contribution in [0, 0.1) is 17.7 Å². The quantitative estimate of drug-likeness (QED) is 0.828. The van der Waals surface area contributed by atoms with Gasteiger partial charge in [0.2, 0.25) is 0 Å². The van der Waals surface area contributed by atoms with E-state index in [-0.39, 0.29) is 5.82 Å². The molecular formula is C15H15FN2O. The van der Waals surface area contributed by atoms with Gasteiger partial charge >= 0.3 is 0 Å². The zero-order valence-corrected chi connectivity index (χ0v) is 10.7. The molecule has 1 aromatic carbocycles. The summed E-state index contributed by atoms with van der Waals surface area (Å²) in [4.78, 5) is 0. The molecule has 0 aliphatic rings. The lowest BCUT2D eigenvalue weighted by molar-refractivity contribution is 0.170. The number of hydrogen-bond donors (Lipinski definition) is 2. The minimum Gasteiger partial charge on any atom is -0.388 e. The predicted molar refractivity (Wildman–Crippen MR) is 71.6 cm³/mol. The van der Waals surface area contributed by atoms with E-state index in [2.05, 4.69) is 22.0 Å². The lowest BCUT2D eigenvalue weighted by atomic mass is 10.0. The molecule has 2 N–H and O–H groups in total. The molecule has 0 fully saturated rings. The van der Waals surface area contributed by atoms with E-state index in [9.17, 15) is 9.50 Å². The summed E-state index contributed by atoms with van der Waals surface area (Å²) in [5, 5.41) is 16.9. The fourth-order valence-electron chi connectivity index (χ4n) is 1.89. The Hall–Kier alpha value is -2.12. The van der Waals surface area contributed by atoms with Crippen molar-refractivity contribution >= 4 is 0 Å². The van der Waals surface area contributed by atoms with Crippen molar-refractivity contribution in [2.24, 2.45) is 0 Å². The van der Waals surface area contributed by atoms with Gasteiger partial charge in [0.25, 0.3) is 0 Å². The van der Waals surface area contributed by atoms with Crippen LogP contribution in [0.25, 0.3) is 11.3 Å². The standard InChI is InChI=1S/C15H15FN2O/c1-2-3-4-5-14(19)13-10-17-18-15(13)11-6-8-12(16)9-7-11/h6-10,14,19H,4-5H2,1H3,(H,17,18). The van der Waals surface area contributed by atoms with E-state index in [0.717, 1.165) is 11.3 Å². The Balaban J connectivity index is 2.21. The summed E-state index contributed by atoms with van der Waals surface area (Å²) in [6, 6.07) is 6.08. The van der Waals surface area contributed by atoms with Crippen LogP contribution in [-0.2, 0) is 0 Å². The maximum absolute atomic E-state index is 12.9. The maximum Gasteiger partial charge on any atom is 0.123 e. The summed E-state index contributed by atoms with van der Waals surface area (Å²) in [5.41, 5.74) is 2.23. The highest BCUT2D eigenvalue weighted by atomic mass is 19.1. The number of nitrogens with zero attached hydrogens (tertiary/aromatic N) is 1. The molecule has 1 atom stereocenters. The molecule has 0 aliphatic heterocycles. The van der Waals surface area contributed by atoms with Crippen molar-refractivity contribution in [1.82, 2.24) is 10.2 Å². The molecular weight excluding hydrogens is 243 g/mol. The third-order valence-electron chi connectivity index (χ3n) is 2.88.